The average molecular weight is 240 g/mol. The van der Waals surface area contributed by atoms with E-state index in [0.717, 1.165) is 12.1 Å². The molecule has 2 nitrogen and oxygen atoms in total. The maximum Gasteiger partial charge on any atom is 0.0638 e. The van der Waals surface area contributed by atoms with E-state index in [1.165, 1.54) is 11.1 Å². The first-order chi connectivity index (χ1) is 8.85. The normalized spacial score (nSPS) is 12.1. The highest BCUT2D eigenvalue weighted by Crippen LogP contribution is 2.22. The second kappa shape index (κ2) is 6.22. The quantitative estimate of drug-likeness (QED) is 0.841. The molecule has 0 aliphatic carbocycles. The van der Waals surface area contributed by atoms with E-state index in [4.69, 9.17) is 5.73 Å². The van der Waals surface area contributed by atoms with Gasteiger partial charge in [0.2, 0.25) is 0 Å². The summed E-state index contributed by atoms with van der Waals surface area (Å²) in [6.45, 7) is 2.76. The van der Waals surface area contributed by atoms with E-state index in [0.29, 0.717) is 6.54 Å². The Balaban J connectivity index is 2.23. The van der Waals surface area contributed by atoms with Crippen LogP contribution < -0.4 is 11.1 Å². The van der Waals surface area contributed by atoms with Crippen LogP contribution in [0.2, 0.25) is 0 Å². The fourth-order valence-electron chi connectivity index (χ4n) is 2.20. The summed E-state index contributed by atoms with van der Waals surface area (Å²) in [6.07, 6.45) is 1.03. The molecule has 2 heteroatoms. The Morgan fingerprint density at radius 1 is 1.00 bits per heavy atom. The van der Waals surface area contributed by atoms with Gasteiger partial charge in [-0.1, -0.05) is 49.4 Å². The van der Waals surface area contributed by atoms with Crippen molar-refractivity contribution in [3.63, 3.8) is 0 Å². The number of rotatable bonds is 5. The molecular formula is C16H20N2. The van der Waals surface area contributed by atoms with E-state index >= 15 is 0 Å². The third-order valence-corrected chi connectivity index (χ3v) is 3.16. The molecule has 1 unspecified atom stereocenters. The van der Waals surface area contributed by atoms with Gasteiger partial charge in [0.05, 0.1) is 6.04 Å². The summed E-state index contributed by atoms with van der Waals surface area (Å²) in [5.74, 6) is 0. The average Bonchev–Trinajstić information content (AvgIpc) is 2.46. The Kier molecular flexibility index (Phi) is 4.37. The molecule has 2 aromatic carbocycles. The SMILES string of the molecule is CCc1ccccc1C(CN)Nc1ccccc1. The molecule has 0 amide bonds. The molecule has 18 heavy (non-hydrogen) atoms. The molecule has 94 valence electrons. The Morgan fingerprint density at radius 2 is 1.67 bits per heavy atom. The largest absolute Gasteiger partial charge is 0.377 e. The third-order valence-electron chi connectivity index (χ3n) is 3.16. The van der Waals surface area contributed by atoms with E-state index in [-0.39, 0.29) is 6.04 Å². The zero-order chi connectivity index (χ0) is 12.8. The van der Waals surface area contributed by atoms with Gasteiger partial charge in [-0.15, -0.1) is 0 Å². The van der Waals surface area contributed by atoms with Gasteiger partial charge in [0.25, 0.3) is 0 Å². The van der Waals surface area contributed by atoms with Gasteiger partial charge >= 0.3 is 0 Å². The summed E-state index contributed by atoms with van der Waals surface area (Å²) in [5.41, 5.74) is 9.68. The molecule has 0 fully saturated rings. The van der Waals surface area contributed by atoms with E-state index < -0.39 is 0 Å². The molecular weight excluding hydrogens is 220 g/mol. The number of para-hydroxylation sites is 1. The van der Waals surface area contributed by atoms with E-state index in [9.17, 15) is 0 Å². The molecule has 0 aliphatic rings. The summed E-state index contributed by atoms with van der Waals surface area (Å²) >= 11 is 0. The topological polar surface area (TPSA) is 38.0 Å². The minimum absolute atomic E-state index is 0.170. The van der Waals surface area contributed by atoms with E-state index in [1.54, 1.807) is 0 Å². The van der Waals surface area contributed by atoms with E-state index in [1.807, 2.05) is 18.2 Å². The highest BCUT2D eigenvalue weighted by molar-refractivity contribution is 5.46. The number of hydrogen-bond donors (Lipinski definition) is 2. The molecule has 1 atom stereocenters. The molecule has 2 rings (SSSR count). The van der Waals surface area contributed by atoms with Crippen LogP contribution in [-0.4, -0.2) is 6.54 Å². The van der Waals surface area contributed by atoms with Crippen molar-refractivity contribution >= 4 is 5.69 Å². The summed E-state index contributed by atoms with van der Waals surface area (Å²) in [7, 11) is 0. The first-order valence-electron chi connectivity index (χ1n) is 6.44. The first kappa shape index (κ1) is 12.7. The van der Waals surface area contributed by atoms with Crippen molar-refractivity contribution in [3.8, 4) is 0 Å². The van der Waals surface area contributed by atoms with Crippen molar-refractivity contribution in [1.82, 2.24) is 0 Å². The smallest absolute Gasteiger partial charge is 0.0638 e. The van der Waals surface area contributed by atoms with Gasteiger partial charge in [-0.25, -0.2) is 0 Å². The van der Waals surface area contributed by atoms with Crippen molar-refractivity contribution in [2.75, 3.05) is 11.9 Å². The highest BCUT2D eigenvalue weighted by atomic mass is 14.9. The minimum Gasteiger partial charge on any atom is -0.377 e. The Morgan fingerprint density at radius 3 is 2.33 bits per heavy atom. The predicted octanol–water partition coefficient (Wildman–Crippen LogP) is 3.36. The van der Waals surface area contributed by atoms with Crippen LogP contribution in [-0.2, 0) is 6.42 Å². The minimum atomic E-state index is 0.170. The molecule has 0 bridgehead atoms. The second-order valence-electron chi connectivity index (χ2n) is 4.35. The van der Waals surface area contributed by atoms with Crippen molar-refractivity contribution in [2.24, 2.45) is 5.73 Å². The zero-order valence-electron chi connectivity index (χ0n) is 10.8. The van der Waals surface area contributed by atoms with Gasteiger partial charge in [-0.05, 0) is 29.7 Å². The molecule has 0 aliphatic heterocycles. The molecule has 0 radical (unpaired) electrons. The number of nitrogens with two attached hydrogens (primary N) is 1. The molecule has 0 spiro atoms. The van der Waals surface area contributed by atoms with Gasteiger partial charge in [0.15, 0.2) is 0 Å². The van der Waals surface area contributed by atoms with E-state index in [2.05, 4.69) is 48.6 Å². The summed E-state index contributed by atoms with van der Waals surface area (Å²) in [6, 6.07) is 18.9. The molecule has 3 N–H and O–H groups in total. The predicted molar refractivity (Wildman–Crippen MR) is 77.7 cm³/mol. The van der Waals surface area contributed by atoms with Gasteiger partial charge in [0.1, 0.15) is 0 Å². The maximum absolute atomic E-state index is 5.91. The van der Waals surface area contributed by atoms with Crippen LogP contribution in [0.3, 0.4) is 0 Å². The Bertz CT molecular complexity index is 479. The van der Waals surface area contributed by atoms with Crippen molar-refractivity contribution in [3.05, 3.63) is 65.7 Å². The third kappa shape index (κ3) is 2.90. The fourth-order valence-corrected chi connectivity index (χ4v) is 2.20. The maximum atomic E-state index is 5.91. The Hall–Kier alpha value is -1.80. The number of nitrogens with one attached hydrogen (secondary N) is 1. The number of hydrogen-bond acceptors (Lipinski definition) is 2. The first-order valence-corrected chi connectivity index (χ1v) is 6.44. The van der Waals surface area contributed by atoms with Crippen LogP contribution >= 0.6 is 0 Å². The standard InChI is InChI=1S/C16H20N2/c1-2-13-8-6-7-11-15(13)16(12-17)18-14-9-4-3-5-10-14/h3-11,16,18H,2,12,17H2,1H3. The number of benzene rings is 2. The van der Waals surface area contributed by atoms with Gasteiger partial charge in [-0.2, -0.15) is 0 Å². The molecule has 0 saturated heterocycles. The van der Waals surface area contributed by atoms with Crippen molar-refractivity contribution in [2.45, 2.75) is 19.4 Å². The zero-order valence-corrected chi connectivity index (χ0v) is 10.8. The molecule has 2 aromatic rings. The lowest BCUT2D eigenvalue weighted by molar-refractivity contribution is 0.777. The number of aryl methyl sites for hydroxylation is 1. The van der Waals surface area contributed by atoms with Crippen LogP contribution in [0.15, 0.2) is 54.6 Å². The summed E-state index contributed by atoms with van der Waals surface area (Å²) in [5, 5.41) is 3.49. The van der Waals surface area contributed by atoms with Crippen LogP contribution in [0.5, 0.6) is 0 Å². The molecule has 0 heterocycles. The van der Waals surface area contributed by atoms with Crippen LogP contribution in [0.25, 0.3) is 0 Å². The molecule has 0 saturated carbocycles. The van der Waals surface area contributed by atoms with Crippen LogP contribution in [0.1, 0.15) is 24.1 Å². The van der Waals surface area contributed by atoms with Crippen LogP contribution in [0, 0.1) is 0 Å². The Labute approximate surface area is 109 Å². The monoisotopic (exact) mass is 240 g/mol. The lowest BCUT2D eigenvalue weighted by atomic mass is 9.98. The summed E-state index contributed by atoms with van der Waals surface area (Å²) in [4.78, 5) is 0. The van der Waals surface area contributed by atoms with Gasteiger partial charge in [-0.3, -0.25) is 0 Å². The van der Waals surface area contributed by atoms with Crippen LogP contribution in [0.4, 0.5) is 5.69 Å². The van der Waals surface area contributed by atoms with Crippen molar-refractivity contribution < 1.29 is 0 Å². The lowest BCUT2D eigenvalue weighted by Gasteiger charge is -2.21. The lowest BCUT2D eigenvalue weighted by Crippen LogP contribution is -2.21. The number of anilines is 1. The summed E-state index contributed by atoms with van der Waals surface area (Å²) < 4.78 is 0. The van der Waals surface area contributed by atoms with Gasteiger partial charge < -0.3 is 11.1 Å². The fraction of sp³-hybridized carbons (Fsp3) is 0.250. The van der Waals surface area contributed by atoms with Crippen molar-refractivity contribution in [1.29, 1.82) is 0 Å². The molecule has 0 aromatic heterocycles. The second-order valence-corrected chi connectivity index (χ2v) is 4.35. The van der Waals surface area contributed by atoms with Gasteiger partial charge in [0, 0.05) is 12.2 Å². The highest BCUT2D eigenvalue weighted by Gasteiger charge is 2.12.